The van der Waals surface area contributed by atoms with E-state index in [1.165, 1.54) is 24.3 Å². The van der Waals surface area contributed by atoms with Gasteiger partial charge in [-0.3, -0.25) is 0 Å². The van der Waals surface area contributed by atoms with Gasteiger partial charge in [0.15, 0.2) is 0 Å². The van der Waals surface area contributed by atoms with Gasteiger partial charge in [-0.1, -0.05) is 24.3 Å². The third-order valence-electron chi connectivity index (χ3n) is 5.67. The topological polar surface area (TPSA) is 62.3 Å². The van der Waals surface area contributed by atoms with Crippen molar-refractivity contribution in [2.75, 3.05) is 6.54 Å². The van der Waals surface area contributed by atoms with Crippen molar-refractivity contribution in [2.24, 2.45) is 5.73 Å². The summed E-state index contributed by atoms with van der Waals surface area (Å²) < 4.78 is 32.9. The SMILES string of the molecule is CC(C)N1C=C(Cc2ccc(F)cc2)C2=C(C1)[C@H](c1ccc(F)cc1)C(C#N)=C(N)O2. The van der Waals surface area contributed by atoms with Crippen LogP contribution in [0.3, 0.4) is 0 Å². The zero-order valence-corrected chi connectivity index (χ0v) is 17.4. The van der Waals surface area contributed by atoms with Crippen molar-refractivity contribution in [3.8, 4) is 6.07 Å². The largest absolute Gasteiger partial charge is 0.440 e. The van der Waals surface area contributed by atoms with Gasteiger partial charge in [-0.25, -0.2) is 8.78 Å². The van der Waals surface area contributed by atoms with E-state index in [-0.39, 0.29) is 23.6 Å². The van der Waals surface area contributed by atoms with Gasteiger partial charge in [-0.05, 0) is 49.2 Å². The second kappa shape index (κ2) is 8.27. The quantitative estimate of drug-likeness (QED) is 0.768. The molecule has 0 bridgehead atoms. The number of benzene rings is 2. The molecule has 2 aliphatic rings. The van der Waals surface area contributed by atoms with Crippen LogP contribution < -0.4 is 5.73 Å². The van der Waals surface area contributed by atoms with E-state index in [4.69, 9.17) is 10.5 Å². The molecule has 0 spiro atoms. The first-order valence-corrected chi connectivity index (χ1v) is 10.1. The Morgan fingerprint density at radius 2 is 1.71 bits per heavy atom. The molecule has 2 heterocycles. The number of hydrogen-bond acceptors (Lipinski definition) is 4. The molecule has 0 saturated heterocycles. The molecule has 0 aromatic heterocycles. The maximum atomic E-state index is 13.6. The number of rotatable bonds is 4. The van der Waals surface area contributed by atoms with Crippen molar-refractivity contribution in [3.05, 3.63) is 106 Å². The number of hydrogen-bond donors (Lipinski definition) is 1. The molecule has 6 heteroatoms. The zero-order chi connectivity index (χ0) is 22.1. The standard InChI is InChI=1S/C25H23F2N3O/c1-15(2)30-13-18(11-16-3-7-19(26)8-4-16)24-22(14-30)23(21(12-28)25(29)31-24)17-5-9-20(27)10-6-17/h3-10,13,15,23H,11,14,29H2,1-2H3/t23-/m1/s1. The van der Waals surface area contributed by atoms with Crippen molar-refractivity contribution in [1.82, 2.24) is 4.90 Å². The number of halogens is 2. The minimum atomic E-state index is -0.424. The van der Waals surface area contributed by atoms with Crippen molar-refractivity contribution < 1.29 is 13.5 Å². The molecule has 1 atom stereocenters. The molecule has 2 aromatic rings. The highest BCUT2D eigenvalue weighted by Crippen LogP contribution is 2.44. The first kappa shape index (κ1) is 20.7. The summed E-state index contributed by atoms with van der Waals surface area (Å²) in [5, 5.41) is 9.81. The van der Waals surface area contributed by atoms with E-state index < -0.39 is 5.92 Å². The summed E-state index contributed by atoms with van der Waals surface area (Å²) in [7, 11) is 0. The summed E-state index contributed by atoms with van der Waals surface area (Å²) >= 11 is 0. The zero-order valence-electron chi connectivity index (χ0n) is 17.4. The fourth-order valence-corrected chi connectivity index (χ4v) is 4.04. The van der Waals surface area contributed by atoms with Crippen LogP contribution in [0.5, 0.6) is 0 Å². The van der Waals surface area contributed by atoms with Gasteiger partial charge in [0.2, 0.25) is 5.88 Å². The molecule has 0 radical (unpaired) electrons. The Hall–Kier alpha value is -3.59. The van der Waals surface area contributed by atoms with E-state index in [1.807, 2.05) is 6.20 Å². The Bertz CT molecular complexity index is 1120. The maximum absolute atomic E-state index is 13.6. The third kappa shape index (κ3) is 4.04. The Balaban J connectivity index is 1.82. The van der Waals surface area contributed by atoms with Crippen LogP contribution in [-0.2, 0) is 11.2 Å². The minimum absolute atomic E-state index is 0.0542. The van der Waals surface area contributed by atoms with Gasteiger partial charge < -0.3 is 15.4 Å². The van der Waals surface area contributed by atoms with Gasteiger partial charge in [0, 0.05) is 36.4 Å². The molecule has 2 aromatic carbocycles. The Morgan fingerprint density at radius 1 is 1.10 bits per heavy atom. The van der Waals surface area contributed by atoms with E-state index >= 15 is 0 Å². The van der Waals surface area contributed by atoms with Gasteiger partial charge in [0.1, 0.15) is 29.0 Å². The first-order chi connectivity index (χ1) is 14.9. The van der Waals surface area contributed by atoms with E-state index in [1.54, 1.807) is 24.3 Å². The highest BCUT2D eigenvalue weighted by molar-refractivity contribution is 5.54. The molecule has 0 unspecified atom stereocenters. The molecule has 2 N–H and O–H groups in total. The second-order valence-electron chi connectivity index (χ2n) is 8.05. The smallest absolute Gasteiger partial charge is 0.205 e. The lowest BCUT2D eigenvalue weighted by molar-refractivity contribution is 0.250. The number of nitrogens with zero attached hydrogens (tertiary/aromatic N) is 2. The summed E-state index contributed by atoms with van der Waals surface area (Å²) in [4.78, 5) is 2.17. The van der Waals surface area contributed by atoms with E-state index in [2.05, 4.69) is 24.8 Å². The summed E-state index contributed by atoms with van der Waals surface area (Å²) in [5.74, 6) is -0.371. The lowest BCUT2D eigenvalue weighted by Gasteiger charge is -2.38. The normalized spacial score (nSPS) is 18.5. The molecule has 4 nitrogen and oxygen atoms in total. The van der Waals surface area contributed by atoms with Crippen LogP contribution in [0, 0.1) is 23.0 Å². The molecule has 0 amide bonds. The Kier molecular flexibility index (Phi) is 5.51. The number of ether oxygens (including phenoxy) is 1. The van der Waals surface area contributed by atoms with Crippen LogP contribution in [-0.4, -0.2) is 17.5 Å². The number of nitrogens with two attached hydrogens (primary N) is 1. The lowest BCUT2D eigenvalue weighted by Crippen LogP contribution is -2.36. The van der Waals surface area contributed by atoms with Crippen LogP contribution in [0.4, 0.5) is 8.78 Å². The molecule has 31 heavy (non-hydrogen) atoms. The van der Waals surface area contributed by atoms with E-state index in [9.17, 15) is 14.0 Å². The molecule has 4 rings (SSSR count). The average molecular weight is 419 g/mol. The van der Waals surface area contributed by atoms with Gasteiger partial charge >= 0.3 is 0 Å². The molecular formula is C25H23F2N3O. The molecule has 158 valence electrons. The lowest BCUT2D eigenvalue weighted by atomic mass is 9.80. The van der Waals surface area contributed by atoms with Crippen LogP contribution >= 0.6 is 0 Å². The second-order valence-corrected chi connectivity index (χ2v) is 8.05. The van der Waals surface area contributed by atoms with E-state index in [0.29, 0.717) is 24.3 Å². The maximum Gasteiger partial charge on any atom is 0.205 e. The predicted molar refractivity (Wildman–Crippen MR) is 114 cm³/mol. The predicted octanol–water partition coefficient (Wildman–Crippen LogP) is 4.88. The van der Waals surface area contributed by atoms with Crippen molar-refractivity contribution in [1.29, 1.82) is 5.26 Å². The van der Waals surface area contributed by atoms with Crippen molar-refractivity contribution in [3.63, 3.8) is 0 Å². The molecule has 0 fully saturated rings. The highest BCUT2D eigenvalue weighted by atomic mass is 19.1. The van der Waals surface area contributed by atoms with Crippen molar-refractivity contribution in [2.45, 2.75) is 32.2 Å². The average Bonchev–Trinajstić information content (AvgIpc) is 2.75. The summed E-state index contributed by atoms with van der Waals surface area (Å²) in [6.45, 7) is 4.73. The van der Waals surface area contributed by atoms with E-state index in [0.717, 1.165) is 22.3 Å². The third-order valence-corrected chi connectivity index (χ3v) is 5.67. The summed E-state index contributed by atoms with van der Waals surface area (Å²) in [6.07, 6.45) is 2.56. The van der Waals surface area contributed by atoms with Gasteiger partial charge in [0.05, 0.1) is 5.92 Å². The molecule has 2 aliphatic heterocycles. The first-order valence-electron chi connectivity index (χ1n) is 10.1. The van der Waals surface area contributed by atoms with Crippen LogP contribution in [0.1, 0.15) is 30.9 Å². The van der Waals surface area contributed by atoms with Crippen LogP contribution in [0.15, 0.2) is 83.1 Å². The Morgan fingerprint density at radius 3 is 2.29 bits per heavy atom. The fourth-order valence-electron chi connectivity index (χ4n) is 4.04. The monoisotopic (exact) mass is 419 g/mol. The van der Waals surface area contributed by atoms with Crippen LogP contribution in [0.2, 0.25) is 0 Å². The number of allylic oxidation sites excluding steroid dienone is 2. The van der Waals surface area contributed by atoms with Gasteiger partial charge in [-0.15, -0.1) is 0 Å². The Labute approximate surface area is 180 Å². The van der Waals surface area contributed by atoms with Crippen LogP contribution in [0.25, 0.3) is 0 Å². The van der Waals surface area contributed by atoms with Crippen molar-refractivity contribution >= 4 is 0 Å². The molecule has 0 saturated carbocycles. The molecule has 0 aliphatic carbocycles. The highest BCUT2D eigenvalue weighted by Gasteiger charge is 2.37. The van der Waals surface area contributed by atoms with Gasteiger partial charge in [0.25, 0.3) is 0 Å². The number of nitriles is 1. The summed E-state index contributed by atoms with van der Waals surface area (Å²) in [6, 6.07) is 14.9. The fraction of sp³-hybridized carbons (Fsp3) is 0.240. The van der Waals surface area contributed by atoms with Gasteiger partial charge in [-0.2, -0.15) is 5.26 Å². The summed E-state index contributed by atoms with van der Waals surface area (Å²) in [5.41, 5.74) is 9.99. The molecular weight excluding hydrogens is 396 g/mol. The minimum Gasteiger partial charge on any atom is -0.440 e.